The minimum absolute atomic E-state index is 0.105. The minimum atomic E-state index is -0.265. The lowest BCUT2D eigenvalue weighted by Gasteiger charge is -2.06. The van der Waals surface area contributed by atoms with Gasteiger partial charge in [0, 0.05) is 25.6 Å². The van der Waals surface area contributed by atoms with Crippen LogP contribution in [0.15, 0.2) is 0 Å². The topological polar surface area (TPSA) is 61.4 Å². The van der Waals surface area contributed by atoms with Crippen LogP contribution >= 0.6 is 0 Å². The molecule has 0 radical (unpaired) electrons. The number of hydrogen-bond donors (Lipinski definition) is 3. The molecule has 4 heteroatoms. The summed E-state index contributed by atoms with van der Waals surface area (Å²) in [5.41, 5.74) is 0. The highest BCUT2D eigenvalue weighted by atomic mass is 16.3. The van der Waals surface area contributed by atoms with Crippen LogP contribution in [-0.4, -0.2) is 36.2 Å². The Labute approximate surface area is 91.4 Å². The Hall–Kier alpha value is -0.610. The van der Waals surface area contributed by atoms with E-state index in [0.29, 0.717) is 19.0 Å². The molecule has 1 fully saturated rings. The standard InChI is InChI=1S/C11H22N2O2/c1-9(14)3-2-7-13-11(15)6-8-12-10-4-5-10/h9-10,12,14H,2-8H2,1H3,(H,13,15). The summed E-state index contributed by atoms with van der Waals surface area (Å²) in [4.78, 5) is 11.3. The molecule has 1 atom stereocenters. The fraction of sp³-hybridized carbons (Fsp3) is 0.909. The van der Waals surface area contributed by atoms with Gasteiger partial charge in [0.25, 0.3) is 0 Å². The van der Waals surface area contributed by atoms with Gasteiger partial charge in [-0.1, -0.05) is 0 Å². The first-order chi connectivity index (χ1) is 7.18. The van der Waals surface area contributed by atoms with E-state index in [-0.39, 0.29) is 12.0 Å². The van der Waals surface area contributed by atoms with Crippen LogP contribution in [-0.2, 0) is 4.79 Å². The molecule has 0 aromatic rings. The molecule has 1 aliphatic rings. The summed E-state index contributed by atoms with van der Waals surface area (Å²) in [6, 6.07) is 0.674. The molecule has 0 spiro atoms. The van der Waals surface area contributed by atoms with E-state index in [1.807, 2.05) is 0 Å². The van der Waals surface area contributed by atoms with Crippen molar-refractivity contribution in [2.75, 3.05) is 13.1 Å². The summed E-state index contributed by atoms with van der Waals surface area (Å²) < 4.78 is 0. The van der Waals surface area contributed by atoms with Gasteiger partial charge in [0.1, 0.15) is 0 Å². The van der Waals surface area contributed by atoms with E-state index in [2.05, 4.69) is 10.6 Å². The van der Waals surface area contributed by atoms with E-state index in [1.54, 1.807) is 6.92 Å². The predicted octanol–water partition coefficient (Wildman–Crippen LogP) is 0.406. The van der Waals surface area contributed by atoms with Crippen molar-refractivity contribution in [2.24, 2.45) is 0 Å². The normalized spacial score (nSPS) is 17.5. The van der Waals surface area contributed by atoms with Gasteiger partial charge in [-0.05, 0) is 32.6 Å². The quantitative estimate of drug-likeness (QED) is 0.513. The number of hydrogen-bond acceptors (Lipinski definition) is 3. The summed E-state index contributed by atoms with van der Waals surface area (Å²) >= 11 is 0. The Morgan fingerprint density at radius 3 is 2.80 bits per heavy atom. The third-order valence-corrected chi connectivity index (χ3v) is 2.48. The van der Waals surface area contributed by atoms with Crippen molar-refractivity contribution in [3.05, 3.63) is 0 Å². The van der Waals surface area contributed by atoms with Crippen LogP contribution in [0, 0.1) is 0 Å². The molecule has 1 amide bonds. The largest absolute Gasteiger partial charge is 0.393 e. The molecule has 88 valence electrons. The van der Waals surface area contributed by atoms with Crippen molar-refractivity contribution in [3.63, 3.8) is 0 Å². The van der Waals surface area contributed by atoms with E-state index in [1.165, 1.54) is 12.8 Å². The molecule has 0 aromatic heterocycles. The van der Waals surface area contributed by atoms with Crippen LogP contribution in [0.5, 0.6) is 0 Å². The summed E-state index contributed by atoms with van der Waals surface area (Å²) in [6.45, 7) is 3.22. The molecule has 1 unspecified atom stereocenters. The Bertz CT molecular complexity index is 191. The lowest BCUT2D eigenvalue weighted by molar-refractivity contribution is -0.121. The zero-order valence-electron chi connectivity index (χ0n) is 9.46. The van der Waals surface area contributed by atoms with Gasteiger partial charge in [-0.15, -0.1) is 0 Å². The molecular weight excluding hydrogens is 192 g/mol. The van der Waals surface area contributed by atoms with Crippen LogP contribution in [0.3, 0.4) is 0 Å². The van der Waals surface area contributed by atoms with E-state index in [0.717, 1.165) is 19.4 Å². The number of amides is 1. The zero-order valence-corrected chi connectivity index (χ0v) is 9.46. The maximum atomic E-state index is 11.3. The molecule has 4 nitrogen and oxygen atoms in total. The van der Waals surface area contributed by atoms with Gasteiger partial charge in [0.15, 0.2) is 0 Å². The number of rotatable bonds is 8. The van der Waals surface area contributed by atoms with Crippen molar-refractivity contribution in [2.45, 2.75) is 51.2 Å². The molecule has 0 bridgehead atoms. The lowest BCUT2D eigenvalue weighted by atomic mass is 10.2. The second kappa shape index (κ2) is 6.80. The summed E-state index contributed by atoms with van der Waals surface area (Å²) in [6.07, 6.45) is 4.41. The molecule has 3 N–H and O–H groups in total. The van der Waals surface area contributed by atoms with Crippen LogP contribution < -0.4 is 10.6 Å². The molecular formula is C11H22N2O2. The van der Waals surface area contributed by atoms with Gasteiger partial charge >= 0.3 is 0 Å². The number of aliphatic hydroxyl groups is 1. The van der Waals surface area contributed by atoms with Crippen LogP contribution in [0.1, 0.15) is 39.0 Å². The number of carbonyl (C=O) groups is 1. The Morgan fingerprint density at radius 1 is 1.47 bits per heavy atom. The first-order valence-corrected chi connectivity index (χ1v) is 5.86. The summed E-state index contributed by atoms with van der Waals surface area (Å²) in [7, 11) is 0. The van der Waals surface area contributed by atoms with E-state index in [4.69, 9.17) is 5.11 Å². The van der Waals surface area contributed by atoms with Crippen LogP contribution in [0.4, 0.5) is 0 Å². The second-order valence-corrected chi connectivity index (χ2v) is 4.32. The number of carbonyl (C=O) groups excluding carboxylic acids is 1. The summed E-state index contributed by atoms with van der Waals surface area (Å²) in [5, 5.41) is 15.1. The van der Waals surface area contributed by atoms with E-state index < -0.39 is 0 Å². The van der Waals surface area contributed by atoms with Gasteiger partial charge in [-0.2, -0.15) is 0 Å². The Morgan fingerprint density at radius 2 is 2.20 bits per heavy atom. The molecule has 1 aliphatic carbocycles. The molecule has 0 heterocycles. The third-order valence-electron chi connectivity index (χ3n) is 2.48. The van der Waals surface area contributed by atoms with Crippen molar-refractivity contribution in [1.29, 1.82) is 0 Å². The monoisotopic (exact) mass is 214 g/mol. The fourth-order valence-corrected chi connectivity index (χ4v) is 1.39. The molecule has 0 aliphatic heterocycles. The highest BCUT2D eigenvalue weighted by Gasteiger charge is 2.19. The maximum Gasteiger partial charge on any atom is 0.221 e. The van der Waals surface area contributed by atoms with Crippen molar-refractivity contribution in [1.82, 2.24) is 10.6 Å². The van der Waals surface area contributed by atoms with Crippen molar-refractivity contribution >= 4 is 5.91 Å². The number of nitrogens with one attached hydrogen (secondary N) is 2. The van der Waals surface area contributed by atoms with Crippen LogP contribution in [0.2, 0.25) is 0 Å². The summed E-state index contributed by atoms with van der Waals surface area (Å²) in [5.74, 6) is 0.105. The average Bonchev–Trinajstić information content (AvgIpc) is 2.96. The highest BCUT2D eigenvalue weighted by Crippen LogP contribution is 2.18. The first kappa shape index (κ1) is 12.5. The third kappa shape index (κ3) is 7.33. The van der Waals surface area contributed by atoms with E-state index >= 15 is 0 Å². The molecule has 0 aromatic carbocycles. The fourth-order valence-electron chi connectivity index (χ4n) is 1.39. The van der Waals surface area contributed by atoms with Crippen LogP contribution in [0.25, 0.3) is 0 Å². The van der Waals surface area contributed by atoms with E-state index in [9.17, 15) is 4.79 Å². The van der Waals surface area contributed by atoms with Crippen molar-refractivity contribution < 1.29 is 9.90 Å². The lowest BCUT2D eigenvalue weighted by Crippen LogP contribution is -2.29. The smallest absolute Gasteiger partial charge is 0.221 e. The van der Waals surface area contributed by atoms with Gasteiger partial charge < -0.3 is 15.7 Å². The Kier molecular flexibility index (Phi) is 5.65. The van der Waals surface area contributed by atoms with Gasteiger partial charge in [-0.25, -0.2) is 0 Å². The Balaban J connectivity index is 1.84. The van der Waals surface area contributed by atoms with Gasteiger partial charge in [0.05, 0.1) is 6.10 Å². The second-order valence-electron chi connectivity index (χ2n) is 4.32. The predicted molar refractivity (Wildman–Crippen MR) is 59.6 cm³/mol. The minimum Gasteiger partial charge on any atom is -0.393 e. The highest BCUT2D eigenvalue weighted by molar-refractivity contribution is 5.75. The maximum absolute atomic E-state index is 11.3. The van der Waals surface area contributed by atoms with Crippen molar-refractivity contribution in [3.8, 4) is 0 Å². The molecule has 1 saturated carbocycles. The van der Waals surface area contributed by atoms with Gasteiger partial charge in [-0.3, -0.25) is 4.79 Å². The molecule has 15 heavy (non-hydrogen) atoms. The number of aliphatic hydroxyl groups excluding tert-OH is 1. The zero-order chi connectivity index (χ0) is 11.1. The molecule has 1 rings (SSSR count). The SMILES string of the molecule is CC(O)CCCNC(=O)CCNC1CC1. The van der Waals surface area contributed by atoms with Gasteiger partial charge in [0.2, 0.25) is 5.91 Å². The average molecular weight is 214 g/mol. The molecule has 0 saturated heterocycles. The first-order valence-electron chi connectivity index (χ1n) is 5.86.